The maximum absolute atomic E-state index is 12.5. The van der Waals surface area contributed by atoms with Crippen LogP contribution in [0.25, 0.3) is 0 Å². The van der Waals surface area contributed by atoms with E-state index in [4.69, 9.17) is 16.3 Å². The van der Waals surface area contributed by atoms with E-state index < -0.39 is 0 Å². The second-order valence-electron chi connectivity index (χ2n) is 5.00. The van der Waals surface area contributed by atoms with E-state index in [1.165, 1.54) is 18.2 Å². The monoisotopic (exact) mass is 311 g/mol. The van der Waals surface area contributed by atoms with E-state index in [-0.39, 0.29) is 29.1 Å². The van der Waals surface area contributed by atoms with Crippen molar-refractivity contribution in [1.29, 1.82) is 0 Å². The van der Waals surface area contributed by atoms with E-state index in [0.717, 1.165) is 6.42 Å². The summed E-state index contributed by atoms with van der Waals surface area (Å²) in [6, 6.07) is 4.35. The number of likely N-dealkylation sites (tertiary alicyclic amines) is 1. The highest BCUT2D eigenvalue weighted by Crippen LogP contribution is 2.26. The van der Waals surface area contributed by atoms with Crippen molar-refractivity contribution in [3.8, 4) is 5.75 Å². The lowest BCUT2D eigenvalue weighted by atomic mass is 9.97. The second-order valence-corrected chi connectivity index (χ2v) is 5.44. The van der Waals surface area contributed by atoms with Crippen LogP contribution in [0.1, 0.15) is 30.1 Å². The molecule has 1 aromatic rings. The minimum Gasteiger partial charge on any atom is -0.507 e. The van der Waals surface area contributed by atoms with Crippen molar-refractivity contribution in [3.63, 3.8) is 0 Å². The predicted molar refractivity (Wildman–Crippen MR) is 78.4 cm³/mol. The first-order valence-corrected chi connectivity index (χ1v) is 7.35. The van der Waals surface area contributed by atoms with Gasteiger partial charge in [-0.2, -0.15) is 0 Å². The molecule has 0 aromatic heterocycles. The molecule has 0 aliphatic carbocycles. The van der Waals surface area contributed by atoms with Gasteiger partial charge in [-0.15, -0.1) is 0 Å². The average Bonchev–Trinajstić information content (AvgIpc) is 2.49. The molecule has 1 amide bonds. The highest BCUT2D eigenvalue weighted by molar-refractivity contribution is 6.31. The third-order valence-electron chi connectivity index (χ3n) is 3.52. The summed E-state index contributed by atoms with van der Waals surface area (Å²) in [5.74, 6) is -0.999. The standard InChI is InChI=1S/C15H18ClNO4/c1-2-21-15(20)10-4-3-7-17(9-10)14(19)12-8-11(16)5-6-13(12)18/h5-6,8,10,18H,2-4,7,9H2,1H3/t10-/m0/s1. The number of benzene rings is 1. The maximum atomic E-state index is 12.5. The molecule has 0 spiro atoms. The summed E-state index contributed by atoms with van der Waals surface area (Å²) in [6.07, 6.45) is 1.45. The van der Waals surface area contributed by atoms with E-state index in [0.29, 0.717) is 31.1 Å². The van der Waals surface area contributed by atoms with Gasteiger partial charge in [0.1, 0.15) is 5.75 Å². The van der Waals surface area contributed by atoms with Crippen LogP contribution in [0.15, 0.2) is 18.2 Å². The fourth-order valence-corrected chi connectivity index (χ4v) is 2.64. The fraction of sp³-hybridized carbons (Fsp3) is 0.467. The highest BCUT2D eigenvalue weighted by Gasteiger charge is 2.30. The predicted octanol–water partition coefficient (Wildman–Crippen LogP) is 2.46. The van der Waals surface area contributed by atoms with Crippen molar-refractivity contribution in [2.75, 3.05) is 19.7 Å². The summed E-state index contributed by atoms with van der Waals surface area (Å²) in [5, 5.41) is 10.2. The van der Waals surface area contributed by atoms with Gasteiger partial charge < -0.3 is 14.7 Å². The first-order chi connectivity index (χ1) is 10.0. The van der Waals surface area contributed by atoms with Crippen LogP contribution in [0.2, 0.25) is 5.02 Å². The number of carbonyl (C=O) groups is 2. The molecule has 1 aromatic carbocycles. The Morgan fingerprint density at radius 3 is 2.95 bits per heavy atom. The van der Waals surface area contributed by atoms with E-state index in [1.807, 2.05) is 0 Å². The Balaban J connectivity index is 2.12. The molecule has 0 unspecified atom stereocenters. The van der Waals surface area contributed by atoms with E-state index in [9.17, 15) is 14.7 Å². The molecule has 0 radical (unpaired) electrons. The van der Waals surface area contributed by atoms with Gasteiger partial charge in [0.05, 0.1) is 18.1 Å². The summed E-state index contributed by atoms with van der Waals surface area (Å²) in [5.41, 5.74) is 0.159. The SMILES string of the molecule is CCOC(=O)[C@H]1CCCN(C(=O)c2cc(Cl)ccc2O)C1. The molecule has 2 rings (SSSR count). The molecule has 1 aliphatic heterocycles. The average molecular weight is 312 g/mol. The molecule has 1 aliphatic rings. The van der Waals surface area contributed by atoms with E-state index >= 15 is 0 Å². The Bertz CT molecular complexity index is 546. The number of ether oxygens (including phenoxy) is 1. The number of aromatic hydroxyl groups is 1. The molecule has 1 N–H and O–H groups in total. The maximum Gasteiger partial charge on any atom is 0.310 e. The molecular formula is C15H18ClNO4. The van der Waals surface area contributed by atoms with Gasteiger partial charge in [0.15, 0.2) is 0 Å². The van der Waals surface area contributed by atoms with Gasteiger partial charge in [0, 0.05) is 18.1 Å². The summed E-state index contributed by atoms with van der Waals surface area (Å²) in [4.78, 5) is 25.8. The van der Waals surface area contributed by atoms with Crippen LogP contribution in [0, 0.1) is 5.92 Å². The zero-order chi connectivity index (χ0) is 15.4. The van der Waals surface area contributed by atoms with Crippen LogP contribution >= 0.6 is 11.6 Å². The number of piperidine rings is 1. The lowest BCUT2D eigenvalue weighted by Crippen LogP contribution is -2.42. The molecule has 1 heterocycles. The van der Waals surface area contributed by atoms with Gasteiger partial charge in [-0.3, -0.25) is 9.59 Å². The van der Waals surface area contributed by atoms with Gasteiger partial charge in [-0.1, -0.05) is 11.6 Å². The summed E-state index contributed by atoms with van der Waals surface area (Å²) in [7, 11) is 0. The Hall–Kier alpha value is -1.75. The third kappa shape index (κ3) is 3.67. The molecule has 6 heteroatoms. The van der Waals surface area contributed by atoms with Gasteiger partial charge in [0.2, 0.25) is 0 Å². The van der Waals surface area contributed by atoms with Crippen molar-refractivity contribution >= 4 is 23.5 Å². The number of carbonyl (C=O) groups excluding carboxylic acids is 2. The first kappa shape index (κ1) is 15.6. The number of hydrogen-bond donors (Lipinski definition) is 1. The largest absolute Gasteiger partial charge is 0.507 e. The molecule has 0 saturated carbocycles. The normalized spacial score (nSPS) is 18.4. The number of hydrogen-bond acceptors (Lipinski definition) is 4. The lowest BCUT2D eigenvalue weighted by molar-refractivity contribution is -0.149. The smallest absolute Gasteiger partial charge is 0.310 e. The molecule has 1 fully saturated rings. The number of esters is 1. The van der Waals surface area contributed by atoms with Crippen LogP contribution in [0.3, 0.4) is 0 Å². The number of rotatable bonds is 3. The van der Waals surface area contributed by atoms with Crippen molar-refractivity contribution in [2.45, 2.75) is 19.8 Å². The Morgan fingerprint density at radius 1 is 1.48 bits per heavy atom. The van der Waals surface area contributed by atoms with Crippen molar-refractivity contribution in [1.82, 2.24) is 4.90 Å². The minimum atomic E-state index is -0.316. The molecular weight excluding hydrogens is 294 g/mol. The molecule has 1 atom stereocenters. The number of nitrogens with zero attached hydrogens (tertiary/aromatic N) is 1. The minimum absolute atomic E-state index is 0.109. The van der Waals surface area contributed by atoms with Crippen LogP contribution in [-0.4, -0.2) is 41.6 Å². The molecule has 1 saturated heterocycles. The zero-order valence-electron chi connectivity index (χ0n) is 11.8. The Morgan fingerprint density at radius 2 is 2.24 bits per heavy atom. The summed E-state index contributed by atoms with van der Waals surface area (Å²) >= 11 is 5.86. The Labute approximate surface area is 128 Å². The van der Waals surface area contributed by atoms with Gasteiger partial charge >= 0.3 is 5.97 Å². The Kier molecular flexibility index (Phi) is 5.07. The number of amides is 1. The lowest BCUT2D eigenvalue weighted by Gasteiger charge is -2.31. The van der Waals surface area contributed by atoms with Gasteiger partial charge in [-0.05, 0) is 38.0 Å². The number of halogens is 1. The summed E-state index contributed by atoms with van der Waals surface area (Å²) in [6.45, 7) is 2.95. The van der Waals surface area contributed by atoms with Gasteiger partial charge in [0.25, 0.3) is 5.91 Å². The quantitative estimate of drug-likeness (QED) is 0.871. The second kappa shape index (κ2) is 6.80. The van der Waals surface area contributed by atoms with Crippen molar-refractivity contribution < 1.29 is 19.4 Å². The number of phenols is 1. The highest BCUT2D eigenvalue weighted by atomic mass is 35.5. The number of phenolic OH excluding ortho intramolecular Hbond substituents is 1. The van der Waals surface area contributed by atoms with Gasteiger partial charge in [-0.25, -0.2) is 0 Å². The van der Waals surface area contributed by atoms with E-state index in [2.05, 4.69) is 0 Å². The topological polar surface area (TPSA) is 66.8 Å². The molecule has 5 nitrogen and oxygen atoms in total. The molecule has 0 bridgehead atoms. The van der Waals surface area contributed by atoms with Crippen molar-refractivity contribution in [2.24, 2.45) is 5.92 Å². The zero-order valence-corrected chi connectivity index (χ0v) is 12.6. The first-order valence-electron chi connectivity index (χ1n) is 6.97. The summed E-state index contributed by atoms with van der Waals surface area (Å²) < 4.78 is 5.01. The fourth-order valence-electron chi connectivity index (χ4n) is 2.46. The third-order valence-corrected chi connectivity index (χ3v) is 3.75. The van der Waals surface area contributed by atoms with Crippen LogP contribution in [0.5, 0.6) is 5.75 Å². The van der Waals surface area contributed by atoms with Crippen LogP contribution in [0.4, 0.5) is 0 Å². The molecule has 21 heavy (non-hydrogen) atoms. The van der Waals surface area contributed by atoms with E-state index in [1.54, 1.807) is 11.8 Å². The van der Waals surface area contributed by atoms with Crippen LogP contribution in [-0.2, 0) is 9.53 Å². The van der Waals surface area contributed by atoms with Crippen molar-refractivity contribution in [3.05, 3.63) is 28.8 Å². The molecule has 114 valence electrons. The van der Waals surface area contributed by atoms with Crippen LogP contribution < -0.4 is 0 Å².